The summed E-state index contributed by atoms with van der Waals surface area (Å²) in [5.74, 6) is 1.08. The first-order valence-corrected chi connectivity index (χ1v) is 9.47. The Labute approximate surface area is 164 Å². The number of imidazole rings is 1. The van der Waals surface area contributed by atoms with Crippen molar-refractivity contribution in [3.63, 3.8) is 0 Å². The average molecular weight is 390 g/mol. The van der Waals surface area contributed by atoms with Crippen molar-refractivity contribution < 1.29 is 4.42 Å². The molecule has 0 spiro atoms. The predicted octanol–water partition coefficient (Wildman–Crippen LogP) is 1.41. The van der Waals surface area contributed by atoms with Crippen LogP contribution in [0.4, 0.5) is 0 Å². The number of hydrogen-bond donors (Lipinski definition) is 1. The second-order valence-electron chi connectivity index (χ2n) is 7.19. The topological polar surface area (TPSA) is 113 Å². The van der Waals surface area contributed by atoms with E-state index in [0.717, 1.165) is 43.8 Å². The second kappa shape index (κ2) is 6.76. The zero-order valence-corrected chi connectivity index (χ0v) is 15.6. The minimum Gasteiger partial charge on any atom is -0.461 e. The zero-order valence-electron chi connectivity index (χ0n) is 15.6. The van der Waals surface area contributed by atoms with Gasteiger partial charge >= 0.3 is 5.69 Å². The Balaban J connectivity index is 1.30. The van der Waals surface area contributed by atoms with Crippen LogP contribution in [0.3, 0.4) is 0 Å². The molecule has 146 valence electrons. The summed E-state index contributed by atoms with van der Waals surface area (Å²) in [7, 11) is 0. The van der Waals surface area contributed by atoms with Crippen LogP contribution in [0.1, 0.15) is 17.7 Å². The van der Waals surface area contributed by atoms with Crippen molar-refractivity contribution in [1.29, 1.82) is 5.26 Å². The minimum absolute atomic E-state index is 0.0960. The van der Waals surface area contributed by atoms with Crippen LogP contribution >= 0.6 is 0 Å². The molecular formula is C20H18N6O3. The van der Waals surface area contributed by atoms with Crippen LogP contribution in [0, 0.1) is 11.5 Å². The molecule has 29 heavy (non-hydrogen) atoms. The lowest BCUT2D eigenvalue weighted by Crippen LogP contribution is -2.33. The van der Waals surface area contributed by atoms with E-state index < -0.39 is 11.2 Å². The Kier molecular flexibility index (Phi) is 4.07. The third-order valence-corrected chi connectivity index (χ3v) is 5.46. The number of para-hydroxylation sites is 1. The number of nitriles is 1. The van der Waals surface area contributed by atoms with E-state index in [0.29, 0.717) is 16.8 Å². The van der Waals surface area contributed by atoms with Crippen LogP contribution in [-0.2, 0) is 19.5 Å². The van der Waals surface area contributed by atoms with Gasteiger partial charge in [-0.3, -0.25) is 14.7 Å². The zero-order chi connectivity index (χ0) is 20.0. The summed E-state index contributed by atoms with van der Waals surface area (Å²) < 4.78 is 8.19. The fourth-order valence-corrected chi connectivity index (χ4v) is 4.03. The lowest BCUT2D eigenvalue weighted by atomic mass is 10.0. The van der Waals surface area contributed by atoms with Gasteiger partial charge in [0.25, 0.3) is 5.56 Å². The SMILES string of the molecule is N#Cn1c(=O)[nH]c2c(ncn2CCCN2CCc3oc4ccccc4c3C2)c1=O. The number of rotatable bonds is 4. The number of benzene rings is 1. The van der Waals surface area contributed by atoms with Gasteiger partial charge in [-0.1, -0.05) is 18.2 Å². The Morgan fingerprint density at radius 3 is 2.97 bits per heavy atom. The maximum absolute atomic E-state index is 12.1. The van der Waals surface area contributed by atoms with Gasteiger partial charge in [0.2, 0.25) is 0 Å². The molecule has 0 bridgehead atoms. The summed E-state index contributed by atoms with van der Waals surface area (Å²) in [4.78, 5) is 33.1. The quantitative estimate of drug-likeness (QED) is 0.564. The number of furan rings is 1. The molecule has 1 aliphatic rings. The molecular weight excluding hydrogens is 372 g/mol. The largest absolute Gasteiger partial charge is 0.461 e. The van der Waals surface area contributed by atoms with Gasteiger partial charge in [-0.05, 0) is 12.5 Å². The number of aromatic nitrogens is 4. The first-order valence-electron chi connectivity index (χ1n) is 9.47. The van der Waals surface area contributed by atoms with Crippen LogP contribution in [0.5, 0.6) is 0 Å². The van der Waals surface area contributed by atoms with E-state index >= 15 is 0 Å². The summed E-state index contributed by atoms with van der Waals surface area (Å²) in [5.41, 5.74) is 1.21. The Bertz CT molecular complexity index is 1380. The third kappa shape index (κ3) is 2.85. The number of H-pyrrole nitrogens is 1. The van der Waals surface area contributed by atoms with Gasteiger partial charge in [-0.25, -0.2) is 9.78 Å². The van der Waals surface area contributed by atoms with Gasteiger partial charge in [-0.15, -0.1) is 0 Å². The maximum Gasteiger partial charge on any atom is 0.343 e. The predicted molar refractivity (Wildman–Crippen MR) is 105 cm³/mol. The van der Waals surface area contributed by atoms with Crippen molar-refractivity contribution in [3.8, 4) is 6.19 Å². The van der Waals surface area contributed by atoms with E-state index in [-0.39, 0.29) is 5.52 Å². The highest BCUT2D eigenvalue weighted by Crippen LogP contribution is 2.30. The molecule has 0 fully saturated rings. The van der Waals surface area contributed by atoms with Crippen LogP contribution in [0.15, 0.2) is 44.6 Å². The lowest BCUT2D eigenvalue weighted by Gasteiger charge is -2.26. The second-order valence-corrected chi connectivity index (χ2v) is 7.19. The van der Waals surface area contributed by atoms with Crippen LogP contribution < -0.4 is 11.2 Å². The van der Waals surface area contributed by atoms with Gasteiger partial charge in [0.1, 0.15) is 17.0 Å². The normalized spacial score (nSPS) is 14.3. The van der Waals surface area contributed by atoms with Crippen molar-refractivity contribution in [3.05, 3.63) is 62.8 Å². The van der Waals surface area contributed by atoms with Gasteiger partial charge in [0, 0.05) is 43.5 Å². The number of aryl methyl sites for hydroxylation is 1. The molecule has 0 saturated heterocycles. The standard InChI is InChI=1S/C20H18N6O3/c21-11-26-19(27)17-18(23-20(26)28)25(12-22-17)8-3-7-24-9-6-16-14(10-24)13-4-1-2-5-15(13)29-16/h1-2,4-5,12H,3,6-10H2,(H,23,28). The molecule has 4 aromatic rings. The van der Waals surface area contributed by atoms with E-state index in [2.05, 4.69) is 20.9 Å². The monoisotopic (exact) mass is 390 g/mol. The molecule has 1 aromatic carbocycles. The van der Waals surface area contributed by atoms with E-state index in [9.17, 15) is 9.59 Å². The third-order valence-electron chi connectivity index (χ3n) is 5.46. The smallest absolute Gasteiger partial charge is 0.343 e. The molecule has 9 nitrogen and oxygen atoms in total. The fraction of sp³-hybridized carbons (Fsp3) is 0.300. The summed E-state index contributed by atoms with van der Waals surface area (Å²) in [5, 5.41) is 10.1. The first kappa shape index (κ1) is 17.5. The van der Waals surface area contributed by atoms with Crippen molar-refractivity contribution in [1.82, 2.24) is 24.0 Å². The van der Waals surface area contributed by atoms with E-state index in [1.165, 1.54) is 17.3 Å². The van der Waals surface area contributed by atoms with Crippen molar-refractivity contribution in [2.75, 3.05) is 13.1 Å². The van der Waals surface area contributed by atoms with Crippen molar-refractivity contribution in [2.24, 2.45) is 0 Å². The summed E-state index contributed by atoms with van der Waals surface area (Å²) in [6.45, 7) is 3.26. The molecule has 3 aromatic heterocycles. The molecule has 0 aliphatic carbocycles. The molecule has 4 heterocycles. The van der Waals surface area contributed by atoms with E-state index in [1.54, 1.807) is 10.8 Å². The number of nitrogens with zero attached hydrogens (tertiary/aromatic N) is 5. The number of fused-ring (bicyclic) bond motifs is 4. The van der Waals surface area contributed by atoms with Crippen LogP contribution in [0.2, 0.25) is 0 Å². The summed E-state index contributed by atoms with van der Waals surface area (Å²) in [6.07, 6.45) is 4.82. The number of hydrogen-bond acceptors (Lipinski definition) is 6. The highest BCUT2D eigenvalue weighted by Gasteiger charge is 2.22. The Morgan fingerprint density at radius 2 is 2.10 bits per heavy atom. The number of nitrogens with one attached hydrogen (secondary N) is 1. The fourth-order valence-electron chi connectivity index (χ4n) is 4.03. The highest BCUT2D eigenvalue weighted by atomic mass is 16.3. The molecule has 0 amide bonds. The molecule has 0 atom stereocenters. The first-order chi connectivity index (χ1) is 14.2. The van der Waals surface area contributed by atoms with Gasteiger partial charge < -0.3 is 8.98 Å². The average Bonchev–Trinajstić information content (AvgIpc) is 3.30. The van der Waals surface area contributed by atoms with Crippen LogP contribution in [-0.4, -0.2) is 37.1 Å². The molecule has 1 aliphatic heterocycles. The minimum atomic E-state index is -0.748. The van der Waals surface area contributed by atoms with Crippen molar-refractivity contribution >= 4 is 22.1 Å². The van der Waals surface area contributed by atoms with Gasteiger partial charge in [0.15, 0.2) is 11.7 Å². The Hall–Kier alpha value is -3.64. The van der Waals surface area contributed by atoms with Gasteiger partial charge in [0.05, 0.1) is 6.33 Å². The lowest BCUT2D eigenvalue weighted by molar-refractivity contribution is 0.237. The maximum atomic E-state index is 12.1. The molecule has 0 unspecified atom stereocenters. The van der Waals surface area contributed by atoms with Crippen molar-refractivity contribution in [2.45, 2.75) is 25.9 Å². The molecule has 0 saturated carbocycles. The molecule has 5 rings (SSSR count). The highest BCUT2D eigenvalue weighted by molar-refractivity contribution is 5.82. The van der Waals surface area contributed by atoms with Gasteiger partial charge in [-0.2, -0.15) is 9.83 Å². The number of aromatic amines is 1. The summed E-state index contributed by atoms with van der Waals surface area (Å²) >= 11 is 0. The summed E-state index contributed by atoms with van der Waals surface area (Å²) in [6, 6.07) is 8.12. The molecule has 1 N–H and O–H groups in total. The molecule has 9 heteroatoms. The van der Waals surface area contributed by atoms with E-state index in [4.69, 9.17) is 9.68 Å². The van der Waals surface area contributed by atoms with Crippen LogP contribution in [0.25, 0.3) is 22.1 Å². The van der Waals surface area contributed by atoms with E-state index in [1.807, 2.05) is 18.2 Å². The molecule has 0 radical (unpaired) electrons. The Morgan fingerprint density at radius 1 is 1.24 bits per heavy atom.